The number of carbonyl (C=O) groups is 1. The zero-order valence-corrected chi connectivity index (χ0v) is 18.5. The number of amides is 1. The molecule has 6 heteroatoms. The number of thiophene rings is 1. The van der Waals surface area contributed by atoms with Gasteiger partial charge in [-0.1, -0.05) is 6.07 Å². The second-order valence-corrected chi connectivity index (χ2v) is 10.9. The second-order valence-electron chi connectivity index (χ2n) is 9.98. The molecular formula is C25H27N3O2S. The summed E-state index contributed by atoms with van der Waals surface area (Å²) in [6.45, 7) is 1.98. The molecule has 5 atom stereocenters. The standard InChI is InChI=1S/C25H27N3O2S/c1-14-2-3-15(13-26-14)6-17-9-21(27-20-4-5-31-23(17)20)24(29)28-22-18-7-16-8-19(22)12-25(30,10-16)11-18/h2-5,9,13,16,18-19,22,30H,6-8,10-12H2,1H3,(H,28,29)/t16?,18-,19?,22?,25?/m0/s1. The summed E-state index contributed by atoms with van der Waals surface area (Å²) in [4.78, 5) is 22.4. The summed E-state index contributed by atoms with van der Waals surface area (Å²) in [5, 5.41) is 16.2. The van der Waals surface area contributed by atoms with Crippen LogP contribution < -0.4 is 5.32 Å². The molecule has 7 rings (SSSR count). The Balaban J connectivity index is 1.27. The first kappa shape index (κ1) is 19.4. The number of rotatable bonds is 4. The average Bonchev–Trinajstić information content (AvgIpc) is 3.20. The highest BCUT2D eigenvalue weighted by Gasteiger charge is 2.55. The van der Waals surface area contributed by atoms with Gasteiger partial charge in [-0.2, -0.15) is 0 Å². The molecule has 0 radical (unpaired) electrons. The number of aliphatic hydroxyl groups is 1. The van der Waals surface area contributed by atoms with Crippen molar-refractivity contribution >= 4 is 27.5 Å². The number of nitrogens with zero attached hydrogens (tertiary/aromatic N) is 2. The lowest BCUT2D eigenvalue weighted by Gasteiger charge is -2.58. The van der Waals surface area contributed by atoms with Crippen LogP contribution in [0.1, 0.15) is 59.4 Å². The molecule has 3 heterocycles. The van der Waals surface area contributed by atoms with Crippen molar-refractivity contribution in [2.45, 2.75) is 57.1 Å². The quantitative estimate of drug-likeness (QED) is 0.645. The van der Waals surface area contributed by atoms with E-state index in [2.05, 4.69) is 21.4 Å². The molecule has 4 aliphatic carbocycles. The Morgan fingerprint density at radius 1 is 1.23 bits per heavy atom. The van der Waals surface area contributed by atoms with Gasteiger partial charge >= 0.3 is 0 Å². The van der Waals surface area contributed by atoms with E-state index in [1.807, 2.05) is 36.7 Å². The smallest absolute Gasteiger partial charge is 0.270 e. The third-order valence-electron chi connectivity index (χ3n) is 7.63. The molecule has 3 aromatic heterocycles. The van der Waals surface area contributed by atoms with Crippen molar-refractivity contribution < 1.29 is 9.90 Å². The molecule has 4 aliphatic rings. The monoisotopic (exact) mass is 433 g/mol. The first-order chi connectivity index (χ1) is 15.0. The molecule has 4 unspecified atom stereocenters. The molecule has 2 N–H and O–H groups in total. The Hall–Kier alpha value is -2.31. The van der Waals surface area contributed by atoms with Gasteiger partial charge in [0.1, 0.15) is 5.69 Å². The van der Waals surface area contributed by atoms with Crippen molar-refractivity contribution in [3.05, 3.63) is 58.4 Å². The van der Waals surface area contributed by atoms with Gasteiger partial charge in [0.25, 0.3) is 5.91 Å². The van der Waals surface area contributed by atoms with Crippen LogP contribution in [0.2, 0.25) is 0 Å². The summed E-state index contributed by atoms with van der Waals surface area (Å²) < 4.78 is 1.13. The van der Waals surface area contributed by atoms with Crippen molar-refractivity contribution in [3.8, 4) is 0 Å². The van der Waals surface area contributed by atoms with E-state index in [0.29, 0.717) is 23.4 Å². The number of fused-ring (bicyclic) bond motifs is 1. The van der Waals surface area contributed by atoms with E-state index in [4.69, 9.17) is 0 Å². The van der Waals surface area contributed by atoms with Crippen LogP contribution in [-0.2, 0) is 6.42 Å². The zero-order chi connectivity index (χ0) is 21.2. The largest absolute Gasteiger partial charge is 0.390 e. The molecule has 31 heavy (non-hydrogen) atoms. The SMILES string of the molecule is Cc1ccc(Cc2cc(C(=O)NC3C4CC5C[C@H]3CC(O)(C5)C4)nc3ccsc23)cn1. The number of aryl methyl sites for hydroxylation is 1. The van der Waals surface area contributed by atoms with Crippen LogP contribution in [0.3, 0.4) is 0 Å². The van der Waals surface area contributed by atoms with Crippen molar-refractivity contribution in [3.63, 3.8) is 0 Å². The molecular weight excluding hydrogens is 406 g/mol. The third-order valence-corrected chi connectivity index (χ3v) is 8.61. The number of hydrogen-bond donors (Lipinski definition) is 2. The van der Waals surface area contributed by atoms with E-state index in [0.717, 1.165) is 65.6 Å². The fourth-order valence-corrected chi connectivity index (χ4v) is 7.39. The molecule has 3 aromatic rings. The summed E-state index contributed by atoms with van der Waals surface area (Å²) >= 11 is 1.67. The van der Waals surface area contributed by atoms with Gasteiger partial charge in [0.15, 0.2) is 0 Å². The topological polar surface area (TPSA) is 75.1 Å². The van der Waals surface area contributed by atoms with Crippen LogP contribution >= 0.6 is 11.3 Å². The highest BCUT2D eigenvalue weighted by atomic mass is 32.1. The molecule has 4 fully saturated rings. The van der Waals surface area contributed by atoms with Gasteiger partial charge < -0.3 is 10.4 Å². The first-order valence-corrected chi connectivity index (χ1v) is 12.2. The highest BCUT2D eigenvalue weighted by molar-refractivity contribution is 7.17. The van der Waals surface area contributed by atoms with E-state index >= 15 is 0 Å². The van der Waals surface area contributed by atoms with Gasteiger partial charge in [0.05, 0.1) is 15.8 Å². The molecule has 5 nitrogen and oxygen atoms in total. The minimum Gasteiger partial charge on any atom is -0.390 e. The molecule has 0 saturated heterocycles. The Bertz CT molecular complexity index is 1140. The maximum Gasteiger partial charge on any atom is 0.270 e. The zero-order valence-electron chi connectivity index (χ0n) is 17.7. The predicted molar refractivity (Wildman–Crippen MR) is 121 cm³/mol. The van der Waals surface area contributed by atoms with Gasteiger partial charge in [-0.25, -0.2) is 4.98 Å². The molecule has 0 spiro atoms. The van der Waals surface area contributed by atoms with Crippen molar-refractivity contribution in [1.29, 1.82) is 0 Å². The number of hydrogen-bond acceptors (Lipinski definition) is 5. The van der Waals surface area contributed by atoms with Crippen LogP contribution in [0.4, 0.5) is 0 Å². The molecule has 0 aliphatic heterocycles. The molecule has 4 bridgehead atoms. The summed E-state index contributed by atoms with van der Waals surface area (Å²) in [5.74, 6) is 1.33. The van der Waals surface area contributed by atoms with Gasteiger partial charge in [-0.15, -0.1) is 11.3 Å². The van der Waals surface area contributed by atoms with Crippen molar-refractivity contribution in [1.82, 2.24) is 15.3 Å². The minimum atomic E-state index is -0.485. The normalized spacial score (nSPS) is 31.3. The molecule has 160 valence electrons. The molecule has 1 amide bonds. The van der Waals surface area contributed by atoms with Crippen LogP contribution in [0.5, 0.6) is 0 Å². The Morgan fingerprint density at radius 3 is 2.74 bits per heavy atom. The fourth-order valence-electron chi connectivity index (χ4n) is 6.54. The van der Waals surface area contributed by atoms with Gasteiger partial charge in [-0.3, -0.25) is 9.78 Å². The summed E-state index contributed by atoms with van der Waals surface area (Å²) in [5.41, 5.74) is 4.14. The Kier molecular flexibility index (Phi) is 4.44. The first-order valence-electron chi connectivity index (χ1n) is 11.3. The second kappa shape index (κ2) is 7.10. The highest BCUT2D eigenvalue weighted by Crippen LogP contribution is 2.55. The number of pyridine rings is 2. The van der Waals surface area contributed by atoms with E-state index in [9.17, 15) is 9.90 Å². The summed E-state index contributed by atoms with van der Waals surface area (Å²) in [7, 11) is 0. The third kappa shape index (κ3) is 3.46. The minimum absolute atomic E-state index is 0.0826. The summed E-state index contributed by atoms with van der Waals surface area (Å²) in [6, 6.07) is 8.23. The number of aromatic nitrogens is 2. The Labute approximate surface area is 185 Å². The van der Waals surface area contributed by atoms with E-state index in [1.165, 1.54) is 0 Å². The molecule has 0 aromatic carbocycles. The van der Waals surface area contributed by atoms with Crippen LogP contribution in [0.15, 0.2) is 35.8 Å². The van der Waals surface area contributed by atoms with E-state index in [1.54, 1.807) is 11.3 Å². The maximum absolute atomic E-state index is 13.3. The van der Waals surface area contributed by atoms with Crippen LogP contribution in [-0.4, -0.2) is 32.6 Å². The average molecular weight is 434 g/mol. The maximum atomic E-state index is 13.3. The van der Waals surface area contributed by atoms with Gasteiger partial charge in [-0.05, 0) is 91.5 Å². The van der Waals surface area contributed by atoms with Gasteiger partial charge in [0, 0.05) is 24.4 Å². The summed E-state index contributed by atoms with van der Waals surface area (Å²) in [6.07, 6.45) is 7.51. The van der Waals surface area contributed by atoms with Crippen LogP contribution in [0.25, 0.3) is 10.2 Å². The lowest BCUT2D eigenvalue weighted by Crippen LogP contribution is -2.61. The predicted octanol–water partition coefficient (Wildman–Crippen LogP) is 4.26. The van der Waals surface area contributed by atoms with E-state index < -0.39 is 5.60 Å². The Morgan fingerprint density at radius 2 is 2.03 bits per heavy atom. The van der Waals surface area contributed by atoms with Gasteiger partial charge in [0.2, 0.25) is 0 Å². The van der Waals surface area contributed by atoms with Crippen LogP contribution in [0, 0.1) is 24.7 Å². The lowest BCUT2D eigenvalue weighted by atomic mass is 9.52. The van der Waals surface area contributed by atoms with Crippen molar-refractivity contribution in [2.24, 2.45) is 17.8 Å². The van der Waals surface area contributed by atoms with Crippen molar-refractivity contribution in [2.75, 3.05) is 0 Å². The van der Waals surface area contributed by atoms with E-state index in [-0.39, 0.29) is 11.9 Å². The lowest BCUT2D eigenvalue weighted by molar-refractivity contribution is -0.136. The fraction of sp³-hybridized carbons (Fsp3) is 0.480. The number of nitrogens with one attached hydrogen (secondary N) is 1. The molecule has 4 saturated carbocycles. The number of carbonyl (C=O) groups excluding carboxylic acids is 1.